The number of pyridine rings is 1. The number of anilines is 1. The molecule has 2 rings (SSSR count). The molecule has 0 aliphatic heterocycles. The van der Waals surface area contributed by atoms with Gasteiger partial charge in [-0.3, -0.25) is 4.79 Å². The highest BCUT2D eigenvalue weighted by molar-refractivity contribution is 6.03. The number of nitriles is 1. The maximum Gasteiger partial charge on any atom is 0.274 e. The minimum absolute atomic E-state index is 0.268. The maximum atomic E-state index is 12.3. The Hall–Kier alpha value is -2.67. The fourth-order valence-electron chi connectivity index (χ4n) is 2.11. The molecule has 0 spiro atoms. The molecule has 1 aromatic heterocycles. The van der Waals surface area contributed by atoms with Gasteiger partial charge >= 0.3 is 0 Å². The highest BCUT2D eigenvalue weighted by Crippen LogP contribution is 2.27. The summed E-state index contributed by atoms with van der Waals surface area (Å²) in [5.74, 6) is 0.0461. The van der Waals surface area contributed by atoms with Gasteiger partial charge in [0, 0.05) is 11.9 Å². The summed E-state index contributed by atoms with van der Waals surface area (Å²) in [4.78, 5) is 16.3. The number of amides is 1. The van der Waals surface area contributed by atoms with Crippen LogP contribution in [0.15, 0.2) is 36.5 Å². The molecular formula is C17H17N3O. The first-order valence-electron chi connectivity index (χ1n) is 6.80. The molecule has 0 saturated heterocycles. The summed E-state index contributed by atoms with van der Waals surface area (Å²) in [5.41, 5.74) is 3.68. The van der Waals surface area contributed by atoms with Gasteiger partial charge in [-0.25, -0.2) is 4.98 Å². The quantitative estimate of drug-likeness (QED) is 0.932. The summed E-state index contributed by atoms with van der Waals surface area (Å²) in [6.07, 6.45) is 1.40. The van der Waals surface area contributed by atoms with Gasteiger partial charge in [-0.2, -0.15) is 5.26 Å². The minimum atomic E-state index is -0.268. The van der Waals surface area contributed by atoms with Crippen LogP contribution < -0.4 is 5.32 Å². The smallest absolute Gasteiger partial charge is 0.274 e. The number of nitrogens with zero attached hydrogens (tertiary/aromatic N) is 2. The molecule has 0 saturated carbocycles. The molecule has 0 aliphatic carbocycles. The van der Waals surface area contributed by atoms with Gasteiger partial charge < -0.3 is 5.32 Å². The lowest BCUT2D eigenvalue weighted by Crippen LogP contribution is -2.16. The monoisotopic (exact) mass is 279 g/mol. The van der Waals surface area contributed by atoms with E-state index in [1.54, 1.807) is 12.1 Å². The summed E-state index contributed by atoms with van der Waals surface area (Å²) >= 11 is 0. The van der Waals surface area contributed by atoms with Crippen molar-refractivity contribution >= 4 is 11.6 Å². The first kappa shape index (κ1) is 14.7. The summed E-state index contributed by atoms with van der Waals surface area (Å²) in [6.45, 7) is 6.14. The third kappa shape index (κ3) is 3.26. The highest BCUT2D eigenvalue weighted by atomic mass is 16.1. The Kier molecular flexibility index (Phi) is 4.34. The largest absolute Gasteiger partial charge is 0.320 e. The average Bonchev–Trinajstić information content (AvgIpc) is 2.49. The van der Waals surface area contributed by atoms with Crippen molar-refractivity contribution < 1.29 is 4.79 Å². The third-order valence-electron chi connectivity index (χ3n) is 3.29. The second kappa shape index (κ2) is 6.19. The Labute approximate surface area is 124 Å². The molecule has 0 unspecified atom stereocenters. The number of benzene rings is 1. The highest BCUT2D eigenvalue weighted by Gasteiger charge is 2.14. The molecule has 0 fully saturated rings. The molecule has 2 aromatic rings. The Morgan fingerprint density at radius 2 is 2.05 bits per heavy atom. The number of carbonyl (C=O) groups excluding carboxylic acids is 1. The van der Waals surface area contributed by atoms with Crippen molar-refractivity contribution in [2.24, 2.45) is 0 Å². The van der Waals surface area contributed by atoms with Crippen molar-refractivity contribution in [2.45, 2.75) is 26.7 Å². The first-order valence-corrected chi connectivity index (χ1v) is 6.80. The molecular weight excluding hydrogens is 262 g/mol. The molecule has 106 valence electrons. The second-order valence-electron chi connectivity index (χ2n) is 5.19. The number of para-hydroxylation sites is 1. The van der Waals surface area contributed by atoms with Crippen LogP contribution in [0.2, 0.25) is 0 Å². The van der Waals surface area contributed by atoms with Crippen LogP contribution in [0.3, 0.4) is 0 Å². The lowest BCUT2D eigenvalue weighted by molar-refractivity contribution is 0.102. The van der Waals surface area contributed by atoms with E-state index >= 15 is 0 Å². The van der Waals surface area contributed by atoms with Gasteiger partial charge in [0.05, 0.1) is 5.56 Å². The number of nitrogens with one attached hydrogen (secondary N) is 1. The van der Waals surface area contributed by atoms with Gasteiger partial charge in [0.25, 0.3) is 5.91 Å². The number of aromatic nitrogens is 1. The predicted octanol–water partition coefficient (Wildman–Crippen LogP) is 3.64. The lowest BCUT2D eigenvalue weighted by atomic mass is 9.98. The van der Waals surface area contributed by atoms with E-state index in [1.165, 1.54) is 6.20 Å². The van der Waals surface area contributed by atoms with E-state index in [9.17, 15) is 4.79 Å². The van der Waals surface area contributed by atoms with E-state index in [2.05, 4.69) is 24.1 Å². The Morgan fingerprint density at radius 3 is 2.62 bits per heavy atom. The van der Waals surface area contributed by atoms with E-state index in [0.717, 1.165) is 16.8 Å². The van der Waals surface area contributed by atoms with E-state index in [-0.39, 0.29) is 5.91 Å². The molecule has 4 heteroatoms. The van der Waals surface area contributed by atoms with Crippen LogP contribution in [0.25, 0.3) is 0 Å². The molecule has 1 aromatic carbocycles. The van der Waals surface area contributed by atoms with Crippen LogP contribution in [-0.2, 0) is 0 Å². The number of rotatable bonds is 3. The summed E-state index contributed by atoms with van der Waals surface area (Å²) in [5, 5.41) is 11.7. The standard InChI is InChI=1S/C17H17N3O/c1-11(2)14-6-4-5-12(3)16(14)20-17(21)15-8-7-13(9-18)10-19-15/h4-8,10-11H,1-3H3,(H,20,21). The molecule has 4 nitrogen and oxygen atoms in total. The van der Waals surface area contributed by atoms with Gasteiger partial charge in [0.15, 0.2) is 0 Å². The van der Waals surface area contributed by atoms with Crippen molar-refractivity contribution in [3.05, 3.63) is 58.9 Å². The average molecular weight is 279 g/mol. The molecule has 0 atom stereocenters. The molecule has 0 bridgehead atoms. The van der Waals surface area contributed by atoms with E-state index < -0.39 is 0 Å². The van der Waals surface area contributed by atoms with Crippen LogP contribution >= 0.6 is 0 Å². The third-order valence-corrected chi connectivity index (χ3v) is 3.29. The topological polar surface area (TPSA) is 65.8 Å². The molecule has 1 amide bonds. The number of hydrogen-bond donors (Lipinski definition) is 1. The van der Waals surface area contributed by atoms with Crippen molar-refractivity contribution in [3.63, 3.8) is 0 Å². The van der Waals surface area contributed by atoms with Gasteiger partial charge in [-0.1, -0.05) is 32.0 Å². The zero-order valence-corrected chi connectivity index (χ0v) is 12.3. The molecule has 1 heterocycles. The Balaban J connectivity index is 2.29. The summed E-state index contributed by atoms with van der Waals surface area (Å²) < 4.78 is 0. The van der Waals surface area contributed by atoms with E-state index in [0.29, 0.717) is 17.2 Å². The van der Waals surface area contributed by atoms with E-state index in [4.69, 9.17) is 5.26 Å². The molecule has 0 radical (unpaired) electrons. The number of aryl methyl sites for hydroxylation is 1. The van der Waals surface area contributed by atoms with E-state index in [1.807, 2.05) is 31.2 Å². The van der Waals surface area contributed by atoms with Crippen molar-refractivity contribution in [1.29, 1.82) is 5.26 Å². The van der Waals surface area contributed by atoms with Gasteiger partial charge in [-0.05, 0) is 36.1 Å². The van der Waals surface area contributed by atoms with Gasteiger partial charge in [0.1, 0.15) is 11.8 Å². The van der Waals surface area contributed by atoms with Crippen LogP contribution in [0.5, 0.6) is 0 Å². The fourth-order valence-corrected chi connectivity index (χ4v) is 2.11. The normalized spacial score (nSPS) is 10.2. The van der Waals surface area contributed by atoms with Crippen molar-refractivity contribution in [3.8, 4) is 6.07 Å². The minimum Gasteiger partial charge on any atom is -0.320 e. The Morgan fingerprint density at radius 1 is 1.29 bits per heavy atom. The number of hydrogen-bond acceptors (Lipinski definition) is 3. The molecule has 21 heavy (non-hydrogen) atoms. The second-order valence-corrected chi connectivity index (χ2v) is 5.19. The predicted molar refractivity (Wildman–Crippen MR) is 82.2 cm³/mol. The summed E-state index contributed by atoms with van der Waals surface area (Å²) in [7, 11) is 0. The first-order chi connectivity index (χ1) is 10.0. The van der Waals surface area contributed by atoms with Crippen LogP contribution in [0.4, 0.5) is 5.69 Å². The zero-order chi connectivity index (χ0) is 15.4. The lowest BCUT2D eigenvalue weighted by Gasteiger charge is -2.16. The van der Waals surface area contributed by atoms with Crippen molar-refractivity contribution in [1.82, 2.24) is 4.98 Å². The molecule has 1 N–H and O–H groups in total. The summed E-state index contributed by atoms with van der Waals surface area (Å²) in [6, 6.07) is 11.1. The van der Waals surface area contributed by atoms with Gasteiger partial charge in [-0.15, -0.1) is 0 Å². The SMILES string of the molecule is Cc1cccc(C(C)C)c1NC(=O)c1ccc(C#N)cn1. The Bertz CT molecular complexity index is 697. The van der Waals surface area contributed by atoms with Gasteiger partial charge in [0.2, 0.25) is 0 Å². The zero-order valence-electron chi connectivity index (χ0n) is 12.3. The van der Waals surface area contributed by atoms with Crippen molar-refractivity contribution in [2.75, 3.05) is 5.32 Å². The molecule has 0 aliphatic rings. The number of carbonyl (C=O) groups is 1. The maximum absolute atomic E-state index is 12.3. The fraction of sp³-hybridized carbons (Fsp3) is 0.235. The van der Waals surface area contributed by atoms with Crippen LogP contribution in [0, 0.1) is 18.3 Å². The van der Waals surface area contributed by atoms with Crippen LogP contribution in [0.1, 0.15) is 46.9 Å². The van der Waals surface area contributed by atoms with Crippen LogP contribution in [-0.4, -0.2) is 10.9 Å².